The van der Waals surface area contributed by atoms with Crippen LogP contribution in [0.25, 0.3) is 0 Å². The van der Waals surface area contributed by atoms with Crippen LogP contribution in [0.4, 0.5) is 0 Å². The minimum atomic E-state index is -1.42. The SMILES string of the molecule is CCC1(C(=O)O)C(=C(C)O)C(=O)OC1C. The number of aliphatic hydroxyl groups excluding tert-OH is 1. The van der Waals surface area contributed by atoms with Crippen molar-refractivity contribution in [3.05, 3.63) is 11.3 Å². The number of carboxylic acids is 1. The molecule has 84 valence electrons. The minimum Gasteiger partial charge on any atom is -0.512 e. The van der Waals surface area contributed by atoms with E-state index in [2.05, 4.69) is 0 Å². The van der Waals surface area contributed by atoms with Crippen LogP contribution in [-0.4, -0.2) is 28.3 Å². The van der Waals surface area contributed by atoms with Crippen molar-refractivity contribution in [2.45, 2.75) is 33.3 Å². The lowest BCUT2D eigenvalue weighted by molar-refractivity contribution is -0.151. The van der Waals surface area contributed by atoms with E-state index in [0.29, 0.717) is 0 Å². The van der Waals surface area contributed by atoms with Gasteiger partial charge in [-0.05, 0) is 20.3 Å². The maximum Gasteiger partial charge on any atom is 0.339 e. The molecular formula is C10H14O5. The molecule has 1 aliphatic heterocycles. The van der Waals surface area contributed by atoms with Crippen molar-refractivity contribution in [2.24, 2.45) is 5.41 Å². The maximum absolute atomic E-state index is 11.4. The molecule has 1 heterocycles. The number of rotatable bonds is 2. The number of carboxylic acid groups (broad SMARTS) is 1. The third kappa shape index (κ3) is 1.38. The first-order valence-electron chi connectivity index (χ1n) is 4.72. The van der Waals surface area contributed by atoms with Gasteiger partial charge in [0.15, 0.2) is 0 Å². The predicted molar refractivity (Wildman–Crippen MR) is 51.2 cm³/mol. The molecule has 0 saturated carbocycles. The second kappa shape index (κ2) is 3.56. The number of cyclic esters (lactones) is 1. The third-order valence-corrected chi connectivity index (χ3v) is 2.93. The number of allylic oxidation sites excluding steroid dienone is 1. The minimum absolute atomic E-state index is 0.134. The Morgan fingerprint density at radius 3 is 2.33 bits per heavy atom. The van der Waals surface area contributed by atoms with Crippen LogP contribution in [-0.2, 0) is 14.3 Å². The summed E-state index contributed by atoms with van der Waals surface area (Å²) >= 11 is 0. The molecule has 0 aromatic rings. The number of carbonyl (C=O) groups is 2. The van der Waals surface area contributed by atoms with Crippen molar-refractivity contribution in [3.8, 4) is 0 Å². The van der Waals surface area contributed by atoms with E-state index in [1.54, 1.807) is 6.92 Å². The van der Waals surface area contributed by atoms with E-state index in [0.717, 1.165) is 0 Å². The summed E-state index contributed by atoms with van der Waals surface area (Å²) in [6.07, 6.45) is -0.563. The van der Waals surface area contributed by atoms with Gasteiger partial charge < -0.3 is 14.9 Å². The van der Waals surface area contributed by atoms with Gasteiger partial charge in [-0.25, -0.2) is 4.79 Å². The fraction of sp³-hybridized carbons (Fsp3) is 0.600. The zero-order chi connectivity index (χ0) is 11.8. The van der Waals surface area contributed by atoms with E-state index in [1.165, 1.54) is 13.8 Å². The molecule has 5 nitrogen and oxygen atoms in total. The first kappa shape index (κ1) is 11.6. The Bertz CT molecular complexity index is 340. The zero-order valence-electron chi connectivity index (χ0n) is 8.90. The van der Waals surface area contributed by atoms with Crippen LogP contribution in [0, 0.1) is 5.41 Å². The van der Waals surface area contributed by atoms with Gasteiger partial charge in [0, 0.05) is 0 Å². The molecule has 5 heteroatoms. The lowest BCUT2D eigenvalue weighted by atomic mass is 9.75. The number of hydrogen-bond donors (Lipinski definition) is 2. The second-order valence-corrected chi connectivity index (χ2v) is 3.64. The topological polar surface area (TPSA) is 83.8 Å². The monoisotopic (exact) mass is 214 g/mol. The van der Waals surface area contributed by atoms with Crippen LogP contribution in [0.3, 0.4) is 0 Å². The molecule has 1 fully saturated rings. The summed E-state index contributed by atoms with van der Waals surface area (Å²) in [4.78, 5) is 22.6. The Labute approximate surface area is 87.4 Å². The quantitative estimate of drug-likeness (QED) is 0.410. The molecule has 2 unspecified atom stereocenters. The molecule has 0 bridgehead atoms. The van der Waals surface area contributed by atoms with Gasteiger partial charge in [-0.15, -0.1) is 0 Å². The smallest absolute Gasteiger partial charge is 0.339 e. The Kier molecular flexibility index (Phi) is 2.75. The number of aliphatic hydroxyl groups is 1. The average Bonchev–Trinajstić information content (AvgIpc) is 2.37. The van der Waals surface area contributed by atoms with Gasteiger partial charge in [-0.2, -0.15) is 0 Å². The summed E-state index contributed by atoms with van der Waals surface area (Å²) in [6, 6.07) is 0. The van der Waals surface area contributed by atoms with Crippen molar-refractivity contribution in [3.63, 3.8) is 0 Å². The highest BCUT2D eigenvalue weighted by Crippen LogP contribution is 2.44. The van der Waals surface area contributed by atoms with Gasteiger partial charge in [0.05, 0.1) is 5.57 Å². The molecule has 0 amide bonds. The van der Waals surface area contributed by atoms with Crippen molar-refractivity contribution >= 4 is 11.9 Å². The number of esters is 1. The van der Waals surface area contributed by atoms with Crippen molar-refractivity contribution in [2.75, 3.05) is 0 Å². The summed E-state index contributed by atoms with van der Waals surface area (Å²) in [5.74, 6) is -2.17. The predicted octanol–water partition coefficient (Wildman–Crippen LogP) is 1.24. The summed E-state index contributed by atoms with van der Waals surface area (Å²) in [6.45, 7) is 4.46. The number of ether oxygens (including phenoxy) is 1. The molecule has 0 aromatic heterocycles. The summed E-state index contributed by atoms with van der Waals surface area (Å²) in [5.41, 5.74) is -1.55. The molecule has 2 atom stereocenters. The summed E-state index contributed by atoms with van der Waals surface area (Å²) < 4.78 is 4.87. The fourth-order valence-corrected chi connectivity index (χ4v) is 2.07. The molecule has 1 aliphatic rings. The molecule has 0 spiro atoms. The Morgan fingerprint density at radius 2 is 2.07 bits per heavy atom. The van der Waals surface area contributed by atoms with Gasteiger partial charge in [-0.1, -0.05) is 6.92 Å². The largest absolute Gasteiger partial charge is 0.512 e. The average molecular weight is 214 g/mol. The van der Waals surface area contributed by atoms with E-state index in [1.807, 2.05) is 0 Å². The number of carbonyl (C=O) groups excluding carboxylic acids is 1. The zero-order valence-corrected chi connectivity index (χ0v) is 8.90. The van der Waals surface area contributed by atoms with Crippen LogP contribution in [0.5, 0.6) is 0 Å². The van der Waals surface area contributed by atoms with Crippen LogP contribution in [0.2, 0.25) is 0 Å². The highest BCUT2D eigenvalue weighted by molar-refractivity contribution is 6.01. The molecule has 2 N–H and O–H groups in total. The van der Waals surface area contributed by atoms with E-state index in [4.69, 9.17) is 4.74 Å². The molecular weight excluding hydrogens is 200 g/mol. The van der Waals surface area contributed by atoms with E-state index in [9.17, 15) is 19.8 Å². The van der Waals surface area contributed by atoms with Gasteiger partial charge in [0.25, 0.3) is 0 Å². The highest BCUT2D eigenvalue weighted by Gasteiger charge is 2.57. The van der Waals surface area contributed by atoms with Crippen molar-refractivity contribution in [1.29, 1.82) is 0 Å². The Morgan fingerprint density at radius 1 is 1.53 bits per heavy atom. The van der Waals surface area contributed by atoms with Gasteiger partial charge in [-0.3, -0.25) is 4.79 Å². The molecule has 1 rings (SSSR count). The van der Waals surface area contributed by atoms with E-state index >= 15 is 0 Å². The number of hydrogen-bond acceptors (Lipinski definition) is 4. The molecule has 0 radical (unpaired) electrons. The van der Waals surface area contributed by atoms with Crippen LogP contribution in [0.15, 0.2) is 11.3 Å². The molecule has 1 saturated heterocycles. The lowest BCUT2D eigenvalue weighted by Gasteiger charge is -2.25. The fourth-order valence-electron chi connectivity index (χ4n) is 2.07. The van der Waals surface area contributed by atoms with Crippen molar-refractivity contribution in [1.82, 2.24) is 0 Å². The highest BCUT2D eigenvalue weighted by atomic mass is 16.6. The van der Waals surface area contributed by atoms with Gasteiger partial charge in [0.1, 0.15) is 17.3 Å². The molecule has 0 aromatic carbocycles. The second-order valence-electron chi connectivity index (χ2n) is 3.64. The van der Waals surface area contributed by atoms with Crippen molar-refractivity contribution < 1.29 is 24.5 Å². The van der Waals surface area contributed by atoms with Crippen LogP contribution >= 0.6 is 0 Å². The maximum atomic E-state index is 11.4. The molecule has 0 aliphatic carbocycles. The van der Waals surface area contributed by atoms with Gasteiger partial charge >= 0.3 is 11.9 Å². The van der Waals surface area contributed by atoms with E-state index in [-0.39, 0.29) is 17.8 Å². The van der Waals surface area contributed by atoms with Crippen LogP contribution in [0.1, 0.15) is 27.2 Å². The third-order valence-electron chi connectivity index (χ3n) is 2.93. The Balaban J connectivity index is 3.42. The van der Waals surface area contributed by atoms with E-state index < -0.39 is 23.5 Å². The normalized spacial score (nSPS) is 33.8. The summed E-state index contributed by atoms with van der Waals surface area (Å²) in [7, 11) is 0. The molecule has 15 heavy (non-hydrogen) atoms. The standard InChI is InChI=1S/C10H14O5/c1-4-10(9(13)14)6(3)15-8(12)7(10)5(2)11/h6,11H,4H2,1-3H3,(H,13,14). The first-order chi connectivity index (χ1) is 6.87. The first-order valence-corrected chi connectivity index (χ1v) is 4.72. The Hall–Kier alpha value is -1.52. The lowest BCUT2D eigenvalue weighted by Crippen LogP contribution is -2.38. The number of aliphatic carboxylic acids is 1. The summed E-state index contributed by atoms with van der Waals surface area (Å²) in [5, 5.41) is 18.6. The van der Waals surface area contributed by atoms with Gasteiger partial charge in [0.2, 0.25) is 0 Å². The van der Waals surface area contributed by atoms with Crippen LogP contribution < -0.4 is 0 Å².